The summed E-state index contributed by atoms with van der Waals surface area (Å²) in [6, 6.07) is 9.58. The molecule has 1 fully saturated rings. The van der Waals surface area contributed by atoms with Crippen LogP contribution in [0.15, 0.2) is 53.7 Å². The highest BCUT2D eigenvalue weighted by molar-refractivity contribution is 7.89. The van der Waals surface area contributed by atoms with Crippen molar-refractivity contribution in [2.75, 3.05) is 25.0 Å². The third kappa shape index (κ3) is 4.99. The van der Waals surface area contributed by atoms with Crippen molar-refractivity contribution in [1.29, 1.82) is 0 Å². The highest BCUT2D eigenvalue weighted by Gasteiger charge is 2.32. The van der Waals surface area contributed by atoms with Crippen LogP contribution in [0.25, 0.3) is 0 Å². The molecule has 0 spiro atoms. The quantitative estimate of drug-likeness (QED) is 0.723. The molecule has 2 heterocycles. The first-order valence-electron chi connectivity index (χ1n) is 9.40. The molecule has 1 aliphatic rings. The third-order valence-electron chi connectivity index (χ3n) is 4.76. The van der Waals surface area contributed by atoms with Crippen LogP contribution in [-0.4, -0.2) is 49.3 Å². The van der Waals surface area contributed by atoms with E-state index in [0.29, 0.717) is 30.7 Å². The zero-order chi connectivity index (χ0) is 20.9. The molecule has 1 N–H and O–H groups in total. The number of nitrogens with zero attached hydrogens (tertiary/aromatic N) is 2. The Morgan fingerprint density at radius 1 is 1.17 bits per heavy atom. The molecule has 1 aromatic heterocycles. The van der Waals surface area contributed by atoms with Gasteiger partial charge in [-0.3, -0.25) is 9.78 Å². The first-order chi connectivity index (χ1) is 13.9. The topological polar surface area (TPSA) is 106 Å². The Bertz CT molecular complexity index is 953. The fraction of sp³-hybridized carbons (Fsp3) is 0.350. The van der Waals surface area contributed by atoms with Crippen molar-refractivity contribution in [2.45, 2.75) is 24.7 Å². The van der Waals surface area contributed by atoms with E-state index < -0.39 is 16.0 Å². The average molecular weight is 417 g/mol. The predicted octanol–water partition coefficient (Wildman–Crippen LogP) is 2.30. The number of carbonyl (C=O) groups excluding carboxylic acids is 2. The smallest absolute Gasteiger partial charge is 0.338 e. The minimum Gasteiger partial charge on any atom is -0.462 e. The van der Waals surface area contributed by atoms with Gasteiger partial charge >= 0.3 is 5.97 Å². The standard InChI is InChI=1S/C20H23N3O5S/c1-2-28-20(25)16-5-7-17(8-6-16)22-19(24)15-9-12-23(13-10-15)29(26,27)18-4-3-11-21-14-18/h3-8,11,14-15H,2,9-10,12-13H2,1H3,(H,22,24). The number of nitrogens with one attached hydrogen (secondary N) is 1. The maximum absolute atomic E-state index is 12.6. The summed E-state index contributed by atoms with van der Waals surface area (Å²) in [6.45, 7) is 2.58. The van der Waals surface area contributed by atoms with Gasteiger partial charge in [-0.1, -0.05) is 0 Å². The summed E-state index contributed by atoms with van der Waals surface area (Å²) in [6.07, 6.45) is 3.72. The summed E-state index contributed by atoms with van der Waals surface area (Å²) >= 11 is 0. The largest absolute Gasteiger partial charge is 0.462 e. The second-order valence-corrected chi connectivity index (χ2v) is 8.59. The lowest BCUT2D eigenvalue weighted by Crippen LogP contribution is -2.41. The van der Waals surface area contributed by atoms with Crippen molar-refractivity contribution >= 4 is 27.6 Å². The number of ether oxygens (including phenoxy) is 1. The van der Waals surface area contributed by atoms with Crippen LogP contribution in [0.2, 0.25) is 0 Å². The van der Waals surface area contributed by atoms with Crippen LogP contribution in [0.1, 0.15) is 30.1 Å². The van der Waals surface area contributed by atoms with E-state index in [2.05, 4.69) is 10.3 Å². The molecule has 1 aromatic carbocycles. The van der Waals surface area contributed by atoms with Crippen molar-refractivity contribution < 1.29 is 22.7 Å². The van der Waals surface area contributed by atoms with Crippen LogP contribution in [0, 0.1) is 5.92 Å². The van der Waals surface area contributed by atoms with Crippen molar-refractivity contribution in [1.82, 2.24) is 9.29 Å². The lowest BCUT2D eigenvalue weighted by Gasteiger charge is -2.30. The van der Waals surface area contributed by atoms with E-state index in [-0.39, 0.29) is 29.8 Å². The Morgan fingerprint density at radius 2 is 1.86 bits per heavy atom. The van der Waals surface area contributed by atoms with Crippen LogP contribution in [0.4, 0.5) is 5.69 Å². The highest BCUT2D eigenvalue weighted by Crippen LogP contribution is 2.24. The van der Waals surface area contributed by atoms with Crippen molar-refractivity contribution in [3.8, 4) is 0 Å². The number of sulfonamides is 1. The van der Waals surface area contributed by atoms with Crippen LogP contribution >= 0.6 is 0 Å². The first kappa shape index (κ1) is 20.9. The summed E-state index contributed by atoms with van der Waals surface area (Å²) in [5.74, 6) is -0.847. The monoisotopic (exact) mass is 417 g/mol. The van der Waals surface area contributed by atoms with E-state index in [1.165, 1.54) is 22.8 Å². The van der Waals surface area contributed by atoms with Crippen molar-refractivity contribution in [3.05, 3.63) is 54.4 Å². The fourth-order valence-electron chi connectivity index (χ4n) is 3.16. The van der Waals surface area contributed by atoms with Crippen LogP contribution in [-0.2, 0) is 19.6 Å². The second-order valence-electron chi connectivity index (χ2n) is 6.65. The molecule has 0 atom stereocenters. The molecule has 2 aromatic rings. The van der Waals surface area contributed by atoms with E-state index in [1.54, 1.807) is 37.3 Å². The summed E-state index contributed by atoms with van der Waals surface area (Å²) in [4.78, 5) is 28.2. The zero-order valence-electron chi connectivity index (χ0n) is 16.1. The zero-order valence-corrected chi connectivity index (χ0v) is 16.9. The minimum atomic E-state index is -3.59. The highest BCUT2D eigenvalue weighted by atomic mass is 32.2. The number of carbonyl (C=O) groups is 2. The fourth-order valence-corrected chi connectivity index (χ4v) is 4.59. The van der Waals surface area contributed by atoms with E-state index in [9.17, 15) is 18.0 Å². The molecule has 1 aliphatic heterocycles. The average Bonchev–Trinajstić information content (AvgIpc) is 2.75. The van der Waals surface area contributed by atoms with Crippen LogP contribution < -0.4 is 5.32 Å². The van der Waals surface area contributed by atoms with E-state index >= 15 is 0 Å². The number of aromatic nitrogens is 1. The molecular formula is C20H23N3O5S. The van der Waals surface area contributed by atoms with Gasteiger partial charge in [0.1, 0.15) is 4.90 Å². The molecule has 1 amide bonds. The first-order valence-corrected chi connectivity index (χ1v) is 10.8. The number of esters is 1. The number of piperidine rings is 1. The Morgan fingerprint density at radius 3 is 2.45 bits per heavy atom. The molecule has 0 saturated carbocycles. The summed E-state index contributed by atoms with van der Waals surface area (Å²) < 4.78 is 31.6. The maximum atomic E-state index is 12.6. The Labute approximate surface area is 169 Å². The van der Waals surface area contributed by atoms with Gasteiger partial charge in [0.25, 0.3) is 0 Å². The van der Waals surface area contributed by atoms with Crippen LogP contribution in [0.3, 0.4) is 0 Å². The lowest BCUT2D eigenvalue weighted by atomic mass is 9.97. The maximum Gasteiger partial charge on any atom is 0.338 e. The molecule has 0 aliphatic carbocycles. The molecule has 0 radical (unpaired) electrons. The normalized spacial score (nSPS) is 15.6. The number of hydrogen-bond acceptors (Lipinski definition) is 6. The van der Waals surface area contributed by atoms with Gasteiger partial charge in [0.15, 0.2) is 0 Å². The molecule has 154 valence electrons. The predicted molar refractivity (Wildman–Crippen MR) is 107 cm³/mol. The van der Waals surface area contributed by atoms with Gasteiger partial charge < -0.3 is 10.1 Å². The van der Waals surface area contributed by atoms with Gasteiger partial charge in [-0.25, -0.2) is 13.2 Å². The molecule has 9 heteroatoms. The van der Waals surface area contributed by atoms with Gasteiger partial charge in [0.2, 0.25) is 15.9 Å². The van der Waals surface area contributed by atoms with Crippen molar-refractivity contribution in [3.63, 3.8) is 0 Å². The lowest BCUT2D eigenvalue weighted by molar-refractivity contribution is -0.120. The SMILES string of the molecule is CCOC(=O)c1ccc(NC(=O)C2CCN(S(=O)(=O)c3cccnc3)CC2)cc1. The summed E-state index contributed by atoms with van der Waals surface area (Å²) in [5, 5.41) is 2.83. The van der Waals surface area contributed by atoms with E-state index in [4.69, 9.17) is 4.74 Å². The Hall–Kier alpha value is -2.78. The van der Waals surface area contributed by atoms with Crippen LogP contribution in [0.5, 0.6) is 0 Å². The van der Waals surface area contributed by atoms with Gasteiger partial charge in [-0.05, 0) is 56.2 Å². The number of rotatable bonds is 6. The van der Waals surface area contributed by atoms with E-state index in [0.717, 1.165) is 0 Å². The number of amides is 1. The molecule has 1 saturated heterocycles. The second kappa shape index (κ2) is 9.15. The molecule has 0 bridgehead atoms. The number of anilines is 1. The summed E-state index contributed by atoms with van der Waals surface area (Å²) in [5.41, 5.74) is 0.993. The number of benzene rings is 1. The van der Waals surface area contributed by atoms with Crippen molar-refractivity contribution in [2.24, 2.45) is 5.92 Å². The van der Waals surface area contributed by atoms with Gasteiger partial charge in [0, 0.05) is 37.1 Å². The number of hydrogen-bond donors (Lipinski definition) is 1. The molecule has 8 nitrogen and oxygen atoms in total. The van der Waals surface area contributed by atoms with E-state index in [1.807, 2.05) is 0 Å². The molecule has 29 heavy (non-hydrogen) atoms. The molecule has 3 rings (SSSR count). The molecular weight excluding hydrogens is 394 g/mol. The third-order valence-corrected chi connectivity index (χ3v) is 6.64. The Kier molecular flexibility index (Phi) is 6.60. The summed E-state index contributed by atoms with van der Waals surface area (Å²) in [7, 11) is -3.59. The van der Waals surface area contributed by atoms with Gasteiger partial charge in [0.05, 0.1) is 12.2 Å². The molecule has 0 unspecified atom stereocenters. The van der Waals surface area contributed by atoms with Gasteiger partial charge in [-0.15, -0.1) is 0 Å². The number of pyridine rings is 1. The van der Waals surface area contributed by atoms with Gasteiger partial charge in [-0.2, -0.15) is 4.31 Å². The minimum absolute atomic E-state index is 0.157. The Balaban J connectivity index is 1.56.